The topological polar surface area (TPSA) is 184 Å². The van der Waals surface area contributed by atoms with E-state index in [9.17, 15) is 34.8 Å². The van der Waals surface area contributed by atoms with Crippen LogP contribution in [0.4, 0.5) is 0 Å². The number of benzene rings is 1. The summed E-state index contributed by atoms with van der Waals surface area (Å²) >= 11 is 5.88. The largest absolute Gasteiger partial charge is 0.477 e. The molecule has 0 spiro atoms. The second kappa shape index (κ2) is 17.7. The molecule has 244 valence electrons. The number of terminal acetylenes is 1. The molecule has 0 radical (unpaired) electrons. The average Bonchev–Trinajstić information content (AvgIpc) is 3.80. The number of halogens is 1. The molecule has 3 rings (SSSR count). The maximum Gasteiger partial charge on any atom is 0.364 e. The van der Waals surface area contributed by atoms with Crippen molar-refractivity contribution in [3.63, 3.8) is 0 Å². The number of carbonyl (C=O) groups excluding carboxylic acids is 2. The van der Waals surface area contributed by atoms with Crippen LogP contribution < -0.4 is 10.6 Å². The van der Waals surface area contributed by atoms with Gasteiger partial charge in [-0.3, -0.25) is 9.59 Å². The van der Waals surface area contributed by atoms with Gasteiger partial charge in [-0.15, -0.1) is 6.42 Å². The highest BCUT2D eigenvalue weighted by molar-refractivity contribution is 6.30. The van der Waals surface area contributed by atoms with Gasteiger partial charge in [0.05, 0.1) is 31.3 Å². The molecule has 1 aromatic rings. The number of carboxylic acids is 1. The van der Waals surface area contributed by atoms with E-state index in [1.54, 1.807) is 24.3 Å². The molecular formula is C31H43ClN2O10. The van der Waals surface area contributed by atoms with Gasteiger partial charge in [-0.25, -0.2) is 4.79 Å². The lowest BCUT2D eigenvalue weighted by atomic mass is 9.88. The van der Waals surface area contributed by atoms with Gasteiger partial charge in [-0.05, 0) is 49.3 Å². The van der Waals surface area contributed by atoms with Gasteiger partial charge in [0.2, 0.25) is 11.8 Å². The molecule has 2 aliphatic rings. The van der Waals surface area contributed by atoms with E-state index in [2.05, 4.69) is 16.6 Å². The van der Waals surface area contributed by atoms with Gasteiger partial charge in [0, 0.05) is 31.0 Å². The van der Waals surface area contributed by atoms with Crippen molar-refractivity contribution in [2.75, 3.05) is 26.4 Å². The molecule has 2 amide bonds. The van der Waals surface area contributed by atoms with E-state index >= 15 is 0 Å². The Labute approximate surface area is 262 Å². The Bertz CT molecular complexity index is 1130. The summed E-state index contributed by atoms with van der Waals surface area (Å²) in [4.78, 5) is 37.5. The normalized spacial score (nSPS) is 24.6. The molecule has 13 heteroatoms. The fourth-order valence-electron chi connectivity index (χ4n) is 4.98. The molecule has 0 aromatic heterocycles. The summed E-state index contributed by atoms with van der Waals surface area (Å²) in [7, 11) is 0. The monoisotopic (exact) mass is 638 g/mol. The van der Waals surface area contributed by atoms with Crippen molar-refractivity contribution in [3.05, 3.63) is 34.9 Å². The number of hydrogen-bond acceptors (Lipinski definition) is 9. The number of aliphatic carboxylic acids is 1. The van der Waals surface area contributed by atoms with Crippen LogP contribution in [0.5, 0.6) is 0 Å². The number of nitrogens with one attached hydrogen (secondary N) is 2. The molecule has 0 unspecified atom stereocenters. The van der Waals surface area contributed by atoms with Gasteiger partial charge in [0.15, 0.2) is 0 Å². The molecule has 12 nitrogen and oxygen atoms in total. The van der Waals surface area contributed by atoms with Crippen molar-refractivity contribution in [3.8, 4) is 12.3 Å². The van der Waals surface area contributed by atoms with Gasteiger partial charge >= 0.3 is 5.97 Å². The zero-order valence-electron chi connectivity index (χ0n) is 24.7. The van der Waals surface area contributed by atoms with Crippen molar-refractivity contribution >= 4 is 29.4 Å². The van der Waals surface area contributed by atoms with Crippen molar-refractivity contribution in [2.45, 2.75) is 94.0 Å². The van der Waals surface area contributed by atoms with E-state index in [4.69, 9.17) is 32.2 Å². The van der Waals surface area contributed by atoms with Gasteiger partial charge in [0.1, 0.15) is 18.8 Å². The molecule has 0 bridgehead atoms. The zero-order valence-corrected chi connectivity index (χ0v) is 25.4. The highest BCUT2D eigenvalue weighted by atomic mass is 35.5. The fraction of sp³-hybridized carbons (Fsp3) is 0.645. The first-order chi connectivity index (χ1) is 21.0. The maximum absolute atomic E-state index is 12.7. The molecule has 44 heavy (non-hydrogen) atoms. The Balaban J connectivity index is 1.63. The van der Waals surface area contributed by atoms with Crippen molar-refractivity contribution in [2.24, 2.45) is 5.92 Å². The summed E-state index contributed by atoms with van der Waals surface area (Å²) in [6, 6.07) is 5.40. The summed E-state index contributed by atoms with van der Waals surface area (Å²) in [6.45, 7) is 0.327. The van der Waals surface area contributed by atoms with Gasteiger partial charge in [-0.1, -0.05) is 42.5 Å². The Morgan fingerprint density at radius 1 is 1.09 bits per heavy atom. The van der Waals surface area contributed by atoms with Gasteiger partial charge < -0.3 is 45.3 Å². The second-order valence-electron chi connectivity index (χ2n) is 11.3. The van der Waals surface area contributed by atoms with Crippen LogP contribution in [0, 0.1) is 18.3 Å². The Kier molecular flexibility index (Phi) is 14.3. The van der Waals surface area contributed by atoms with E-state index in [-0.39, 0.29) is 32.0 Å². The number of aliphatic hydroxyl groups is 3. The number of unbranched alkanes of at least 4 members (excludes halogenated alkanes) is 3. The molecule has 1 heterocycles. The van der Waals surface area contributed by atoms with Crippen LogP contribution in [-0.2, 0) is 35.0 Å². The van der Waals surface area contributed by atoms with E-state index in [0.717, 1.165) is 25.7 Å². The summed E-state index contributed by atoms with van der Waals surface area (Å²) in [5.74, 6) is -2.08. The molecule has 6 N–H and O–H groups in total. The van der Waals surface area contributed by atoms with Crippen molar-refractivity contribution < 1.29 is 49.0 Å². The van der Waals surface area contributed by atoms with Gasteiger partial charge in [-0.2, -0.15) is 0 Å². The van der Waals surface area contributed by atoms with Crippen molar-refractivity contribution in [1.29, 1.82) is 0 Å². The maximum atomic E-state index is 12.7. The van der Waals surface area contributed by atoms with Crippen LogP contribution in [0.25, 0.3) is 0 Å². The highest BCUT2D eigenvalue weighted by Crippen LogP contribution is 2.35. The molecule has 1 aliphatic carbocycles. The fourth-order valence-corrected chi connectivity index (χ4v) is 5.11. The minimum absolute atomic E-state index is 0.00757. The van der Waals surface area contributed by atoms with E-state index < -0.39 is 67.0 Å². The number of hydrogen-bond donors (Lipinski definition) is 6. The molecule has 1 saturated carbocycles. The average molecular weight is 639 g/mol. The Hall–Kier alpha value is -2.76. The minimum Gasteiger partial charge on any atom is -0.477 e. The number of ether oxygens (including phenoxy) is 3. The number of carbonyl (C=O) groups is 3. The third-order valence-electron chi connectivity index (χ3n) is 7.62. The minimum atomic E-state index is -2.34. The Morgan fingerprint density at radius 2 is 1.77 bits per heavy atom. The van der Waals surface area contributed by atoms with Crippen LogP contribution in [0.15, 0.2) is 24.3 Å². The third-order valence-corrected chi connectivity index (χ3v) is 7.87. The van der Waals surface area contributed by atoms with Gasteiger partial charge in [0.25, 0.3) is 5.79 Å². The zero-order chi connectivity index (χ0) is 32.1. The van der Waals surface area contributed by atoms with Crippen LogP contribution >= 0.6 is 11.6 Å². The summed E-state index contributed by atoms with van der Waals surface area (Å²) < 4.78 is 16.7. The Morgan fingerprint density at radius 3 is 2.41 bits per heavy atom. The van der Waals surface area contributed by atoms with Crippen LogP contribution in [-0.4, -0.2) is 101 Å². The summed E-state index contributed by atoms with van der Waals surface area (Å²) in [6.07, 6.45) is 2.90. The predicted octanol–water partition coefficient (Wildman–Crippen LogP) is 1.16. The molecule has 2 fully saturated rings. The summed E-state index contributed by atoms with van der Waals surface area (Å²) in [5.41, 5.74) is 0.680. The lowest BCUT2D eigenvalue weighted by molar-refractivity contribution is -0.310. The SMILES string of the molecule is C#CCOCCCCCCO[C@]1(C(=O)O)C[C@H](O)[C@@H](NC(=O)CC2CC2)[C@H]([C@H](O)[C@H](O)CNC(=O)Cc2ccc(Cl)cc2)O1. The number of aliphatic hydroxyl groups excluding tert-OH is 3. The van der Waals surface area contributed by atoms with Crippen LogP contribution in [0.3, 0.4) is 0 Å². The lowest BCUT2D eigenvalue weighted by Gasteiger charge is -2.46. The first-order valence-corrected chi connectivity index (χ1v) is 15.3. The first-order valence-electron chi connectivity index (χ1n) is 15.0. The highest BCUT2D eigenvalue weighted by Gasteiger charge is 2.55. The van der Waals surface area contributed by atoms with E-state index in [1.807, 2.05) is 0 Å². The summed E-state index contributed by atoms with van der Waals surface area (Å²) in [5, 5.41) is 48.8. The molecule has 1 saturated heterocycles. The van der Waals surface area contributed by atoms with E-state index in [1.165, 1.54) is 0 Å². The molecule has 1 aliphatic heterocycles. The quantitative estimate of drug-likeness (QED) is 0.0949. The first kappa shape index (κ1) is 35.7. The van der Waals surface area contributed by atoms with Crippen LogP contribution in [0.1, 0.15) is 56.9 Å². The van der Waals surface area contributed by atoms with Crippen molar-refractivity contribution in [1.82, 2.24) is 10.6 Å². The molecule has 6 atom stereocenters. The smallest absolute Gasteiger partial charge is 0.364 e. The number of amides is 2. The van der Waals surface area contributed by atoms with E-state index in [0.29, 0.717) is 30.0 Å². The molecule has 1 aromatic carbocycles. The number of rotatable bonds is 19. The van der Waals surface area contributed by atoms with Crippen LogP contribution in [0.2, 0.25) is 5.02 Å². The second-order valence-corrected chi connectivity index (χ2v) is 11.8. The third kappa shape index (κ3) is 11.3. The molecular weight excluding hydrogens is 596 g/mol. The number of carboxylic acid groups (broad SMARTS) is 1. The lowest BCUT2D eigenvalue weighted by Crippen LogP contribution is -2.68. The standard InChI is InChI=1S/C31H43ClN2O10/c1-2-13-42-14-5-3-4-6-15-43-31(30(40)41)18-23(35)27(34-26(38)17-20-7-8-20)29(44-31)28(39)24(36)19-33-25(37)16-21-9-11-22(32)12-10-21/h1,9-12,20,23-24,27-29,35-36,39H,3-8,13-19H2,(H,33,37)(H,34,38)(H,40,41)/t23-,24+,27+,28+,29+,31+/m0/s1. The predicted molar refractivity (Wildman–Crippen MR) is 159 cm³/mol.